The van der Waals surface area contributed by atoms with E-state index in [9.17, 15) is 4.79 Å². The first-order chi connectivity index (χ1) is 8.47. The Kier molecular flexibility index (Phi) is 3.57. The summed E-state index contributed by atoms with van der Waals surface area (Å²) >= 11 is 0. The van der Waals surface area contributed by atoms with Gasteiger partial charge in [0, 0.05) is 17.3 Å². The maximum Gasteiger partial charge on any atom is 0.245 e. The molecule has 2 unspecified atom stereocenters. The standard InChI is InChI=1S/C14H20N2O2/c1-8(2)6-9(3)18-10-4-5-11-12(7-10)16-14(17)13(11)15/h4-5,7-9,13H,6,15H2,1-3H3,(H,16,17). The van der Waals surface area contributed by atoms with Gasteiger partial charge in [-0.25, -0.2) is 0 Å². The van der Waals surface area contributed by atoms with Gasteiger partial charge in [-0.15, -0.1) is 0 Å². The Labute approximate surface area is 108 Å². The van der Waals surface area contributed by atoms with E-state index in [1.54, 1.807) is 0 Å². The summed E-state index contributed by atoms with van der Waals surface area (Å²) < 4.78 is 5.83. The number of carbonyl (C=O) groups excluding carboxylic acids is 1. The molecule has 0 radical (unpaired) electrons. The van der Waals surface area contributed by atoms with Gasteiger partial charge in [0.1, 0.15) is 11.8 Å². The molecule has 18 heavy (non-hydrogen) atoms. The second-order valence-electron chi connectivity index (χ2n) is 5.27. The fourth-order valence-corrected chi connectivity index (χ4v) is 2.28. The van der Waals surface area contributed by atoms with E-state index in [0.29, 0.717) is 5.92 Å². The minimum absolute atomic E-state index is 0.155. The predicted molar refractivity (Wildman–Crippen MR) is 71.5 cm³/mol. The zero-order valence-corrected chi connectivity index (χ0v) is 11.1. The third-order valence-electron chi connectivity index (χ3n) is 3.04. The molecule has 3 N–H and O–H groups in total. The van der Waals surface area contributed by atoms with Crippen LogP contribution in [0.5, 0.6) is 5.75 Å². The average Bonchev–Trinajstić information content (AvgIpc) is 2.53. The van der Waals surface area contributed by atoms with Crippen molar-refractivity contribution in [3.63, 3.8) is 0 Å². The number of nitrogens with two attached hydrogens (primary N) is 1. The van der Waals surface area contributed by atoms with Gasteiger partial charge < -0.3 is 15.8 Å². The maximum absolute atomic E-state index is 11.4. The van der Waals surface area contributed by atoms with Crippen LogP contribution >= 0.6 is 0 Å². The van der Waals surface area contributed by atoms with Crippen molar-refractivity contribution in [2.24, 2.45) is 11.7 Å². The second kappa shape index (κ2) is 4.98. The Balaban J connectivity index is 2.09. The molecule has 4 heteroatoms. The summed E-state index contributed by atoms with van der Waals surface area (Å²) in [4.78, 5) is 11.4. The zero-order chi connectivity index (χ0) is 13.3. The molecular weight excluding hydrogens is 228 g/mol. The van der Waals surface area contributed by atoms with Gasteiger partial charge in [0.05, 0.1) is 6.10 Å². The third kappa shape index (κ3) is 2.64. The summed E-state index contributed by atoms with van der Waals surface area (Å²) in [6, 6.07) is 5.02. The van der Waals surface area contributed by atoms with E-state index in [2.05, 4.69) is 26.1 Å². The summed E-state index contributed by atoms with van der Waals surface area (Å²) in [7, 11) is 0. The van der Waals surface area contributed by atoms with Crippen molar-refractivity contribution in [2.75, 3.05) is 5.32 Å². The van der Waals surface area contributed by atoms with Crippen molar-refractivity contribution in [3.8, 4) is 5.75 Å². The summed E-state index contributed by atoms with van der Waals surface area (Å²) in [5.74, 6) is 1.22. The molecule has 2 rings (SSSR count). The van der Waals surface area contributed by atoms with Crippen LogP contribution in [0.15, 0.2) is 18.2 Å². The van der Waals surface area contributed by atoms with E-state index in [0.717, 1.165) is 23.4 Å². The van der Waals surface area contributed by atoms with Crippen LogP contribution in [-0.2, 0) is 4.79 Å². The number of hydrogen-bond donors (Lipinski definition) is 2. The number of amides is 1. The van der Waals surface area contributed by atoms with Gasteiger partial charge in [0.2, 0.25) is 5.91 Å². The smallest absolute Gasteiger partial charge is 0.245 e. The molecule has 98 valence electrons. The van der Waals surface area contributed by atoms with Gasteiger partial charge in [-0.3, -0.25) is 4.79 Å². The molecule has 1 aliphatic rings. The van der Waals surface area contributed by atoms with Crippen LogP contribution in [0.4, 0.5) is 5.69 Å². The Morgan fingerprint density at radius 2 is 2.11 bits per heavy atom. The Morgan fingerprint density at radius 3 is 2.78 bits per heavy atom. The molecule has 1 aromatic carbocycles. The van der Waals surface area contributed by atoms with Gasteiger partial charge in [0.25, 0.3) is 0 Å². The van der Waals surface area contributed by atoms with Crippen molar-refractivity contribution < 1.29 is 9.53 Å². The van der Waals surface area contributed by atoms with Crippen molar-refractivity contribution in [1.82, 2.24) is 0 Å². The fraction of sp³-hybridized carbons (Fsp3) is 0.500. The zero-order valence-electron chi connectivity index (χ0n) is 11.1. The molecule has 1 aliphatic heterocycles. The van der Waals surface area contributed by atoms with Gasteiger partial charge >= 0.3 is 0 Å². The quantitative estimate of drug-likeness (QED) is 0.860. The van der Waals surface area contributed by atoms with E-state index < -0.39 is 6.04 Å². The topological polar surface area (TPSA) is 64.3 Å². The number of anilines is 1. The Morgan fingerprint density at radius 1 is 1.39 bits per heavy atom. The highest BCUT2D eigenvalue weighted by atomic mass is 16.5. The summed E-state index contributed by atoms with van der Waals surface area (Å²) in [5.41, 5.74) is 7.36. The fourth-order valence-electron chi connectivity index (χ4n) is 2.28. The molecule has 0 saturated carbocycles. The number of fused-ring (bicyclic) bond motifs is 1. The lowest BCUT2D eigenvalue weighted by Crippen LogP contribution is -2.19. The van der Waals surface area contributed by atoms with E-state index >= 15 is 0 Å². The molecule has 0 saturated heterocycles. The molecule has 1 amide bonds. The highest BCUT2D eigenvalue weighted by molar-refractivity contribution is 6.02. The van der Waals surface area contributed by atoms with Crippen LogP contribution in [0.25, 0.3) is 0 Å². The summed E-state index contributed by atoms with van der Waals surface area (Å²) in [5, 5.41) is 2.76. The van der Waals surface area contributed by atoms with Crippen molar-refractivity contribution in [1.29, 1.82) is 0 Å². The molecule has 2 atom stereocenters. The van der Waals surface area contributed by atoms with E-state index in [-0.39, 0.29) is 12.0 Å². The number of rotatable bonds is 4. The predicted octanol–water partition coefficient (Wildman–Crippen LogP) is 2.45. The number of benzene rings is 1. The lowest BCUT2D eigenvalue weighted by atomic mass is 10.1. The van der Waals surface area contributed by atoms with Crippen molar-refractivity contribution in [3.05, 3.63) is 23.8 Å². The minimum atomic E-state index is -0.554. The molecule has 1 heterocycles. The molecule has 0 aliphatic carbocycles. The molecule has 0 fully saturated rings. The van der Waals surface area contributed by atoms with Crippen LogP contribution in [0.2, 0.25) is 0 Å². The lowest BCUT2D eigenvalue weighted by molar-refractivity contribution is -0.116. The highest BCUT2D eigenvalue weighted by Crippen LogP contribution is 2.32. The monoisotopic (exact) mass is 248 g/mol. The molecule has 4 nitrogen and oxygen atoms in total. The number of nitrogens with one attached hydrogen (secondary N) is 1. The summed E-state index contributed by atoms with van der Waals surface area (Å²) in [6.07, 6.45) is 1.16. The molecule has 0 bridgehead atoms. The number of carbonyl (C=O) groups is 1. The minimum Gasteiger partial charge on any atom is -0.491 e. The maximum atomic E-state index is 11.4. The normalized spacial score (nSPS) is 19.6. The molecule has 1 aromatic rings. The molecule has 0 spiro atoms. The second-order valence-corrected chi connectivity index (χ2v) is 5.27. The first kappa shape index (κ1) is 12.9. The van der Waals surface area contributed by atoms with Crippen molar-refractivity contribution in [2.45, 2.75) is 39.3 Å². The van der Waals surface area contributed by atoms with Gasteiger partial charge in [-0.2, -0.15) is 0 Å². The van der Waals surface area contributed by atoms with E-state index in [1.165, 1.54) is 0 Å². The SMILES string of the molecule is CC(C)CC(C)Oc1ccc2c(c1)NC(=O)C2N. The third-order valence-corrected chi connectivity index (χ3v) is 3.04. The van der Waals surface area contributed by atoms with Gasteiger partial charge in [-0.05, 0) is 25.3 Å². The van der Waals surface area contributed by atoms with Crippen LogP contribution in [-0.4, -0.2) is 12.0 Å². The largest absolute Gasteiger partial charge is 0.491 e. The van der Waals surface area contributed by atoms with Crippen LogP contribution in [0, 0.1) is 5.92 Å². The number of hydrogen-bond acceptors (Lipinski definition) is 3. The lowest BCUT2D eigenvalue weighted by Gasteiger charge is -2.17. The molecular formula is C14H20N2O2. The Bertz CT molecular complexity index is 457. The first-order valence-electron chi connectivity index (χ1n) is 6.34. The number of ether oxygens (including phenoxy) is 1. The molecule has 0 aromatic heterocycles. The van der Waals surface area contributed by atoms with Gasteiger partial charge in [-0.1, -0.05) is 19.9 Å². The van der Waals surface area contributed by atoms with Crippen molar-refractivity contribution >= 4 is 11.6 Å². The first-order valence-corrected chi connectivity index (χ1v) is 6.34. The highest BCUT2D eigenvalue weighted by Gasteiger charge is 2.27. The van der Waals surface area contributed by atoms with E-state index in [1.807, 2.05) is 18.2 Å². The average molecular weight is 248 g/mol. The Hall–Kier alpha value is -1.55. The van der Waals surface area contributed by atoms with Crippen LogP contribution in [0.3, 0.4) is 0 Å². The van der Waals surface area contributed by atoms with Gasteiger partial charge in [0.15, 0.2) is 0 Å². The van der Waals surface area contributed by atoms with E-state index in [4.69, 9.17) is 10.5 Å². The van der Waals surface area contributed by atoms with Crippen LogP contribution in [0.1, 0.15) is 38.8 Å². The van der Waals surface area contributed by atoms with Crippen LogP contribution < -0.4 is 15.8 Å². The summed E-state index contributed by atoms with van der Waals surface area (Å²) in [6.45, 7) is 6.39.